The van der Waals surface area contributed by atoms with Crippen molar-refractivity contribution in [3.05, 3.63) is 35.5 Å². The maximum absolute atomic E-state index is 11.8. The maximum Gasteiger partial charge on any atom is 0.491 e. The van der Waals surface area contributed by atoms with E-state index in [0.717, 1.165) is 36.0 Å². The minimum Gasteiger partial charge on any atom is -0.423 e. The molecule has 1 saturated carbocycles. The molecule has 0 saturated heterocycles. The number of rotatable bonds is 4. The van der Waals surface area contributed by atoms with E-state index in [1.165, 1.54) is 0 Å². The summed E-state index contributed by atoms with van der Waals surface area (Å²) in [5.74, 6) is -0.326. The highest BCUT2D eigenvalue weighted by molar-refractivity contribution is 6.61. The predicted octanol–water partition coefficient (Wildman–Crippen LogP) is 0.808. The number of carbonyl (C=O) groups excluding carboxylic acids is 1. The number of nitriles is 1. The summed E-state index contributed by atoms with van der Waals surface area (Å²) >= 11 is 0. The molecule has 4 rings (SSSR count). The van der Waals surface area contributed by atoms with E-state index in [1.54, 1.807) is 23.0 Å². The molecule has 1 aromatic heterocycles. The van der Waals surface area contributed by atoms with Crippen molar-refractivity contribution in [3.8, 4) is 6.07 Å². The third-order valence-corrected chi connectivity index (χ3v) is 5.05. The highest BCUT2D eigenvalue weighted by Crippen LogP contribution is 2.36. The number of hydrogen-bond acceptors (Lipinski definition) is 6. The van der Waals surface area contributed by atoms with Gasteiger partial charge in [-0.2, -0.15) is 10.4 Å². The fourth-order valence-electron chi connectivity index (χ4n) is 3.69. The summed E-state index contributed by atoms with van der Waals surface area (Å²) in [4.78, 5) is 11.8. The topological polar surface area (TPSA) is 126 Å². The van der Waals surface area contributed by atoms with Gasteiger partial charge in [-0.05, 0) is 42.4 Å². The summed E-state index contributed by atoms with van der Waals surface area (Å²) in [7, 11) is -0.898. The minimum absolute atomic E-state index is 0.0442. The Bertz CT molecular complexity index is 906. The standard InChI is InChI=1S/C17H18BN5O3/c19-7-10-2-1-3-15(10)23-8-13(16(20)24)17(22-23)21-12-4-5-14-11(6-12)9-26-18(14)25/h4-6,8,10,15,25H,1-3,9H2,(H2,20,24)(H,21,22). The van der Waals surface area contributed by atoms with Crippen LogP contribution < -0.4 is 16.5 Å². The van der Waals surface area contributed by atoms with E-state index in [0.29, 0.717) is 12.4 Å². The number of nitrogens with two attached hydrogens (primary N) is 1. The van der Waals surface area contributed by atoms with E-state index in [9.17, 15) is 15.1 Å². The Balaban J connectivity index is 1.64. The van der Waals surface area contributed by atoms with Gasteiger partial charge in [-0.3, -0.25) is 9.48 Å². The first-order valence-electron chi connectivity index (χ1n) is 8.55. The number of nitrogens with one attached hydrogen (secondary N) is 1. The van der Waals surface area contributed by atoms with E-state index < -0.39 is 13.0 Å². The van der Waals surface area contributed by atoms with Crippen LogP contribution in [0.25, 0.3) is 0 Å². The molecule has 0 spiro atoms. The highest BCUT2D eigenvalue weighted by Gasteiger charge is 2.31. The number of amides is 1. The van der Waals surface area contributed by atoms with Crippen LogP contribution >= 0.6 is 0 Å². The van der Waals surface area contributed by atoms with E-state index in [1.807, 2.05) is 6.07 Å². The van der Waals surface area contributed by atoms with E-state index in [4.69, 9.17) is 10.4 Å². The number of nitrogens with zero attached hydrogens (tertiary/aromatic N) is 3. The molecule has 2 aliphatic rings. The normalized spacial score (nSPS) is 21.5. The molecule has 1 fully saturated rings. The summed E-state index contributed by atoms with van der Waals surface area (Å²) < 4.78 is 6.87. The molecule has 2 aromatic rings. The predicted molar refractivity (Wildman–Crippen MR) is 94.9 cm³/mol. The number of hydrogen-bond donors (Lipinski definition) is 3. The molecule has 9 heteroatoms. The van der Waals surface area contributed by atoms with Gasteiger partial charge in [0.05, 0.1) is 24.6 Å². The van der Waals surface area contributed by atoms with Crippen LogP contribution in [0.1, 0.15) is 41.2 Å². The van der Waals surface area contributed by atoms with Crippen LogP contribution in [0.2, 0.25) is 0 Å². The second kappa shape index (κ2) is 6.48. The van der Waals surface area contributed by atoms with Crippen molar-refractivity contribution in [1.82, 2.24) is 9.78 Å². The van der Waals surface area contributed by atoms with E-state index >= 15 is 0 Å². The Labute approximate surface area is 150 Å². The Kier molecular flexibility index (Phi) is 4.14. The van der Waals surface area contributed by atoms with Crippen LogP contribution in [0.15, 0.2) is 24.4 Å². The van der Waals surface area contributed by atoms with E-state index in [2.05, 4.69) is 16.5 Å². The number of benzene rings is 1. The Hall–Kier alpha value is -2.83. The Morgan fingerprint density at radius 1 is 1.50 bits per heavy atom. The zero-order valence-electron chi connectivity index (χ0n) is 14.1. The molecule has 2 atom stereocenters. The zero-order chi connectivity index (χ0) is 18.3. The van der Waals surface area contributed by atoms with Gasteiger partial charge in [0.15, 0.2) is 5.82 Å². The molecule has 0 bridgehead atoms. The summed E-state index contributed by atoms with van der Waals surface area (Å²) in [6.07, 6.45) is 4.27. The highest BCUT2D eigenvalue weighted by atomic mass is 16.5. The lowest BCUT2D eigenvalue weighted by atomic mass is 9.79. The van der Waals surface area contributed by atoms with Gasteiger partial charge in [0.1, 0.15) is 5.56 Å². The van der Waals surface area contributed by atoms with Crippen molar-refractivity contribution in [2.45, 2.75) is 31.9 Å². The SMILES string of the molecule is N#CC1CCCC1n1cc(C(N)=O)c(Nc2ccc3c(c2)COB3O)n1. The van der Waals surface area contributed by atoms with Gasteiger partial charge in [0.2, 0.25) is 0 Å². The van der Waals surface area contributed by atoms with Gasteiger partial charge in [0.25, 0.3) is 5.91 Å². The van der Waals surface area contributed by atoms with E-state index in [-0.39, 0.29) is 17.5 Å². The summed E-state index contributed by atoms with van der Waals surface area (Å²) in [5.41, 5.74) is 8.12. The smallest absolute Gasteiger partial charge is 0.423 e. The molecule has 0 radical (unpaired) electrons. The molecule has 1 amide bonds. The van der Waals surface area contributed by atoms with Crippen LogP contribution in [0, 0.1) is 17.2 Å². The summed E-state index contributed by atoms with van der Waals surface area (Å²) in [6.45, 7) is 0.328. The molecule has 1 aliphatic heterocycles. The molecule has 2 heterocycles. The molecule has 1 aromatic carbocycles. The third kappa shape index (κ3) is 2.83. The molecular weight excluding hydrogens is 333 g/mol. The second-order valence-electron chi connectivity index (χ2n) is 6.67. The van der Waals surface area contributed by atoms with Crippen LogP contribution in [0.4, 0.5) is 11.5 Å². The van der Waals surface area contributed by atoms with Gasteiger partial charge >= 0.3 is 7.12 Å². The molecular formula is C17H18BN5O3. The maximum atomic E-state index is 11.8. The average molecular weight is 351 g/mol. The minimum atomic E-state index is -0.898. The fourth-order valence-corrected chi connectivity index (χ4v) is 3.69. The van der Waals surface area contributed by atoms with Crippen molar-refractivity contribution in [3.63, 3.8) is 0 Å². The third-order valence-electron chi connectivity index (χ3n) is 5.05. The van der Waals surface area contributed by atoms with Gasteiger partial charge in [-0.25, -0.2) is 0 Å². The molecule has 26 heavy (non-hydrogen) atoms. The first kappa shape index (κ1) is 16.6. The van der Waals surface area contributed by atoms with Gasteiger partial charge in [-0.15, -0.1) is 0 Å². The fraction of sp³-hybridized carbons (Fsp3) is 0.353. The summed E-state index contributed by atoms with van der Waals surface area (Å²) in [5, 5.41) is 26.6. The lowest BCUT2D eigenvalue weighted by molar-refractivity contribution is 0.100. The lowest BCUT2D eigenvalue weighted by Gasteiger charge is -2.13. The van der Waals surface area contributed by atoms with Gasteiger partial charge in [-0.1, -0.05) is 6.07 Å². The largest absolute Gasteiger partial charge is 0.491 e. The van der Waals surface area contributed by atoms with Crippen molar-refractivity contribution < 1.29 is 14.5 Å². The first-order valence-corrected chi connectivity index (χ1v) is 8.55. The number of aromatic nitrogens is 2. The molecule has 8 nitrogen and oxygen atoms in total. The number of fused-ring (bicyclic) bond motifs is 1. The first-order chi connectivity index (χ1) is 12.6. The molecule has 1 aliphatic carbocycles. The van der Waals surface area contributed by atoms with Gasteiger partial charge < -0.3 is 20.7 Å². The van der Waals surface area contributed by atoms with Crippen molar-refractivity contribution >= 4 is 30.0 Å². The van der Waals surface area contributed by atoms with Crippen LogP contribution in [0.3, 0.4) is 0 Å². The quantitative estimate of drug-likeness (QED) is 0.700. The van der Waals surface area contributed by atoms with Crippen molar-refractivity contribution in [2.75, 3.05) is 5.32 Å². The number of anilines is 2. The average Bonchev–Trinajstić information content (AvgIpc) is 3.33. The van der Waals surface area contributed by atoms with Crippen LogP contribution in [0.5, 0.6) is 0 Å². The number of primary amides is 1. The molecule has 2 unspecified atom stereocenters. The lowest BCUT2D eigenvalue weighted by Crippen LogP contribution is -2.27. The second-order valence-corrected chi connectivity index (χ2v) is 6.67. The van der Waals surface area contributed by atoms with Crippen LogP contribution in [-0.2, 0) is 11.3 Å². The Morgan fingerprint density at radius 3 is 3.12 bits per heavy atom. The molecule has 4 N–H and O–H groups in total. The zero-order valence-corrected chi connectivity index (χ0v) is 14.1. The van der Waals surface area contributed by atoms with Gasteiger partial charge in [0, 0.05) is 11.9 Å². The van der Waals surface area contributed by atoms with Crippen LogP contribution in [-0.4, -0.2) is 27.8 Å². The molecule has 132 valence electrons. The summed E-state index contributed by atoms with van der Waals surface area (Å²) in [6, 6.07) is 7.69. The number of carbonyl (C=O) groups is 1. The Morgan fingerprint density at radius 2 is 2.35 bits per heavy atom. The monoisotopic (exact) mass is 351 g/mol. The van der Waals surface area contributed by atoms with Crippen molar-refractivity contribution in [2.24, 2.45) is 11.7 Å². The van der Waals surface area contributed by atoms with Crippen molar-refractivity contribution in [1.29, 1.82) is 5.26 Å².